The number of methoxy groups -OCH3 is 1. The highest BCUT2D eigenvalue weighted by atomic mass is 16.5. The number of likely N-dealkylation sites (N-methyl/N-ethyl adjacent to an activating group) is 1. The smallest absolute Gasteiger partial charge is 0.174 e. The van der Waals surface area contributed by atoms with E-state index in [0.717, 1.165) is 24.9 Å². The van der Waals surface area contributed by atoms with Gasteiger partial charge in [0.1, 0.15) is 0 Å². The van der Waals surface area contributed by atoms with E-state index in [4.69, 9.17) is 12.2 Å². The quantitative estimate of drug-likeness (QED) is 0.794. The number of nitrogens with zero attached hydrogens (tertiary/aromatic N) is 1. The van der Waals surface area contributed by atoms with Crippen molar-refractivity contribution in [1.29, 1.82) is 0 Å². The van der Waals surface area contributed by atoms with Gasteiger partial charge in [-0.25, -0.2) is 0 Å². The van der Waals surface area contributed by atoms with Crippen LogP contribution in [0, 0.1) is 5.92 Å². The molecule has 2 aliphatic heterocycles. The van der Waals surface area contributed by atoms with Crippen LogP contribution in [0.1, 0.15) is 33.1 Å². The Bertz CT molecular complexity index is 765. The minimum Gasteiger partial charge on any atom is -0.493 e. The van der Waals surface area contributed by atoms with Gasteiger partial charge >= 0.3 is 0 Å². The number of ether oxygens (including phenoxy) is 2. The lowest BCUT2D eigenvalue weighted by atomic mass is 9.52. The molecule has 2 fully saturated rings. The first-order chi connectivity index (χ1) is 11.4. The molecular formula is C18H21NO3. The van der Waals surface area contributed by atoms with Crippen molar-refractivity contribution in [1.82, 2.24) is 4.90 Å². The van der Waals surface area contributed by atoms with E-state index in [1.807, 2.05) is 6.07 Å². The number of rotatable bonds is 1. The van der Waals surface area contributed by atoms with Crippen LogP contribution in [-0.4, -0.2) is 43.5 Å². The maximum atomic E-state index is 12.9. The molecule has 1 unspecified atom stereocenters. The third-order valence-corrected chi connectivity index (χ3v) is 6.33. The predicted molar refractivity (Wildman–Crippen MR) is 81.6 cm³/mol. The number of ketones is 1. The van der Waals surface area contributed by atoms with E-state index in [0.29, 0.717) is 11.5 Å². The van der Waals surface area contributed by atoms with Crippen LogP contribution < -0.4 is 9.47 Å². The Hall–Kier alpha value is -1.55. The molecule has 1 saturated carbocycles. The summed E-state index contributed by atoms with van der Waals surface area (Å²) in [6.45, 7) is 0.910. The molecule has 1 saturated heterocycles. The molecule has 5 rings (SSSR count). The van der Waals surface area contributed by atoms with E-state index in [2.05, 4.69) is 18.0 Å². The van der Waals surface area contributed by atoms with Gasteiger partial charge < -0.3 is 14.4 Å². The van der Waals surface area contributed by atoms with Crippen LogP contribution in [-0.2, 0) is 16.6 Å². The maximum Gasteiger partial charge on any atom is 0.174 e. The molecule has 0 radical (unpaired) electrons. The van der Waals surface area contributed by atoms with E-state index in [9.17, 15) is 4.79 Å². The molecule has 1 spiro atoms. The molecule has 0 amide bonds. The van der Waals surface area contributed by atoms with Crippen molar-refractivity contribution in [3.05, 3.63) is 23.3 Å². The van der Waals surface area contributed by atoms with Crippen LogP contribution in [0.25, 0.3) is 0 Å². The minimum atomic E-state index is -1.82. The number of carbonyl (C=O) groups excluding carboxylic acids is 1. The summed E-state index contributed by atoms with van der Waals surface area (Å²) in [4.78, 5) is 15.2. The molecule has 2 aliphatic carbocycles. The SMILES string of the molecule is [2H]C1([2H])C[C@H]2[C@H]3Cc4ccc(OC)c5c4[C@@]2(CCN3C)C(O5)C1=O. The summed E-state index contributed by atoms with van der Waals surface area (Å²) in [5.74, 6) is 1.05. The Labute approximate surface area is 133 Å². The molecule has 4 heteroatoms. The zero-order chi connectivity index (χ0) is 16.9. The lowest BCUT2D eigenvalue weighted by molar-refractivity contribution is -0.138. The number of hydrogen-bond acceptors (Lipinski definition) is 4. The molecular weight excluding hydrogens is 278 g/mol. The van der Waals surface area contributed by atoms with Gasteiger partial charge in [0, 0.05) is 26.1 Å². The van der Waals surface area contributed by atoms with Gasteiger partial charge in [-0.3, -0.25) is 4.79 Å². The summed E-state index contributed by atoms with van der Waals surface area (Å²) in [6, 6.07) is 4.28. The fraction of sp³-hybridized carbons (Fsp3) is 0.611. The topological polar surface area (TPSA) is 38.8 Å². The molecule has 1 aromatic carbocycles. The second-order valence-corrected chi connectivity index (χ2v) is 7.02. The van der Waals surface area contributed by atoms with Gasteiger partial charge in [0.2, 0.25) is 0 Å². The van der Waals surface area contributed by atoms with E-state index in [1.165, 1.54) is 5.56 Å². The van der Waals surface area contributed by atoms with Crippen LogP contribution in [0.3, 0.4) is 0 Å². The molecule has 4 atom stereocenters. The summed E-state index contributed by atoms with van der Waals surface area (Å²) in [6.07, 6.45) is -0.522. The Morgan fingerprint density at radius 1 is 1.50 bits per heavy atom. The standard InChI is InChI=1S/C18H21NO3/c1-19-8-7-18-11-4-5-13(20)17(18)22-16-14(21-2)6-3-10(15(16)18)9-12(11)19/h3,6,11-12,17H,4-5,7-9H2,1-2H3/t11-,12+,17?,18-/m0/s1/i5D2. The van der Waals surface area contributed by atoms with Crippen molar-refractivity contribution >= 4 is 5.78 Å². The van der Waals surface area contributed by atoms with Gasteiger partial charge in [0.25, 0.3) is 0 Å². The van der Waals surface area contributed by atoms with E-state index < -0.39 is 18.3 Å². The number of piperidine rings is 1. The zero-order valence-corrected chi connectivity index (χ0v) is 12.9. The van der Waals surface area contributed by atoms with Crippen LogP contribution in [0.2, 0.25) is 0 Å². The van der Waals surface area contributed by atoms with Crippen LogP contribution in [0.5, 0.6) is 11.5 Å². The monoisotopic (exact) mass is 301 g/mol. The van der Waals surface area contributed by atoms with Crippen molar-refractivity contribution < 1.29 is 17.0 Å². The second-order valence-electron chi connectivity index (χ2n) is 7.02. The number of benzene rings is 1. The molecule has 4 nitrogen and oxygen atoms in total. The van der Waals surface area contributed by atoms with Crippen molar-refractivity contribution in [3.63, 3.8) is 0 Å². The number of likely N-dealkylation sites (tertiary alicyclic amines) is 1. The molecule has 0 N–H and O–H groups in total. The summed E-state index contributed by atoms with van der Waals surface area (Å²) in [5.41, 5.74) is 1.98. The maximum absolute atomic E-state index is 12.9. The molecule has 116 valence electrons. The third-order valence-electron chi connectivity index (χ3n) is 6.33. The molecule has 4 aliphatic rings. The molecule has 2 heterocycles. The fourth-order valence-corrected chi connectivity index (χ4v) is 5.35. The zero-order valence-electron chi connectivity index (χ0n) is 14.9. The second kappa shape index (κ2) is 4.05. The van der Waals surface area contributed by atoms with Crippen LogP contribution >= 0.6 is 0 Å². The van der Waals surface area contributed by atoms with Gasteiger partial charge in [0.15, 0.2) is 23.4 Å². The summed E-state index contributed by atoms with van der Waals surface area (Å²) >= 11 is 0. The third kappa shape index (κ3) is 1.27. The summed E-state index contributed by atoms with van der Waals surface area (Å²) in [5, 5.41) is 0. The Balaban J connectivity index is 1.81. The number of carbonyl (C=O) groups is 1. The van der Waals surface area contributed by atoms with E-state index in [-0.39, 0.29) is 23.8 Å². The summed E-state index contributed by atoms with van der Waals surface area (Å²) in [7, 11) is 3.73. The van der Waals surface area contributed by atoms with Gasteiger partial charge in [-0.2, -0.15) is 0 Å². The number of Topliss-reactive ketones (excluding diaryl/α,β-unsaturated/α-hetero) is 1. The lowest BCUT2D eigenvalue weighted by Gasteiger charge is -2.57. The highest BCUT2D eigenvalue weighted by Crippen LogP contribution is 2.62. The largest absolute Gasteiger partial charge is 0.493 e. The highest BCUT2D eigenvalue weighted by molar-refractivity contribution is 5.89. The van der Waals surface area contributed by atoms with Crippen molar-refractivity contribution in [2.75, 3.05) is 20.7 Å². The fourth-order valence-electron chi connectivity index (χ4n) is 5.35. The van der Waals surface area contributed by atoms with Gasteiger partial charge in [-0.05, 0) is 50.4 Å². The molecule has 2 bridgehead atoms. The average Bonchev–Trinajstić information content (AvgIpc) is 2.89. The van der Waals surface area contributed by atoms with Crippen LogP contribution in [0.15, 0.2) is 12.1 Å². The van der Waals surface area contributed by atoms with Gasteiger partial charge in [-0.1, -0.05) is 6.07 Å². The normalized spacial score (nSPS) is 42.1. The Morgan fingerprint density at radius 3 is 3.18 bits per heavy atom. The minimum absolute atomic E-state index is 0.106. The van der Waals surface area contributed by atoms with Crippen LogP contribution in [0.4, 0.5) is 0 Å². The van der Waals surface area contributed by atoms with Crippen molar-refractivity contribution in [2.24, 2.45) is 5.92 Å². The van der Waals surface area contributed by atoms with Gasteiger partial charge in [0.05, 0.1) is 7.11 Å². The average molecular weight is 301 g/mol. The summed E-state index contributed by atoms with van der Waals surface area (Å²) < 4.78 is 28.2. The van der Waals surface area contributed by atoms with Crippen molar-refractivity contribution in [2.45, 2.75) is 43.2 Å². The first-order valence-corrected chi connectivity index (χ1v) is 8.02. The molecule has 1 aromatic rings. The molecule has 0 aromatic heterocycles. The lowest BCUT2D eigenvalue weighted by Crippen LogP contribution is -2.65. The van der Waals surface area contributed by atoms with E-state index >= 15 is 0 Å². The first kappa shape index (κ1) is 11.1. The van der Waals surface area contributed by atoms with E-state index in [1.54, 1.807) is 7.11 Å². The van der Waals surface area contributed by atoms with Gasteiger partial charge in [-0.15, -0.1) is 0 Å². The Morgan fingerprint density at radius 2 is 2.36 bits per heavy atom. The predicted octanol–water partition coefficient (Wildman–Crippen LogP) is 1.93. The molecule has 22 heavy (non-hydrogen) atoms. The Kier molecular flexibility index (Phi) is 2.03. The van der Waals surface area contributed by atoms with Crippen molar-refractivity contribution in [3.8, 4) is 11.5 Å². The number of hydrogen-bond donors (Lipinski definition) is 0. The highest BCUT2D eigenvalue weighted by Gasteiger charge is 2.65. The first-order valence-electron chi connectivity index (χ1n) is 9.02.